The van der Waals surface area contributed by atoms with Crippen molar-refractivity contribution in [2.24, 2.45) is 0 Å². The smallest absolute Gasteiger partial charge is 0.236 e. The molecule has 0 saturated carbocycles. The third-order valence-electron chi connectivity index (χ3n) is 3.73. The van der Waals surface area contributed by atoms with E-state index in [9.17, 15) is 4.79 Å². The summed E-state index contributed by atoms with van der Waals surface area (Å²) in [6, 6.07) is 0. The van der Waals surface area contributed by atoms with Crippen LogP contribution < -0.4 is 5.32 Å². The zero-order valence-corrected chi connectivity index (χ0v) is 11.4. The molecule has 0 aromatic heterocycles. The van der Waals surface area contributed by atoms with Gasteiger partial charge >= 0.3 is 0 Å². The Labute approximate surface area is 109 Å². The minimum Gasteiger partial charge on any atom is -0.376 e. The van der Waals surface area contributed by atoms with Gasteiger partial charge in [-0.1, -0.05) is 6.92 Å². The van der Waals surface area contributed by atoms with Crippen LogP contribution in [0.25, 0.3) is 0 Å². The summed E-state index contributed by atoms with van der Waals surface area (Å²) in [6.07, 6.45) is 2.39. The van der Waals surface area contributed by atoms with Crippen LogP contribution in [0.5, 0.6) is 0 Å². The summed E-state index contributed by atoms with van der Waals surface area (Å²) < 4.78 is 5.63. The molecule has 104 valence electrons. The van der Waals surface area contributed by atoms with Gasteiger partial charge in [-0.05, 0) is 19.4 Å². The van der Waals surface area contributed by atoms with Gasteiger partial charge in [0.15, 0.2) is 0 Å². The molecule has 0 aliphatic carbocycles. The fraction of sp³-hybridized carbons (Fsp3) is 0.923. The number of amides is 1. The molecule has 0 bridgehead atoms. The van der Waals surface area contributed by atoms with E-state index in [2.05, 4.69) is 17.1 Å². The molecule has 0 aromatic carbocycles. The highest BCUT2D eigenvalue weighted by molar-refractivity contribution is 5.78. The summed E-state index contributed by atoms with van der Waals surface area (Å²) >= 11 is 0. The summed E-state index contributed by atoms with van der Waals surface area (Å²) in [5.74, 6) is 0.274. The largest absolute Gasteiger partial charge is 0.376 e. The average molecular weight is 255 g/mol. The first-order valence-corrected chi connectivity index (χ1v) is 7.12. The number of ether oxygens (including phenoxy) is 1. The predicted octanol–water partition coefficient (Wildman–Crippen LogP) is -0.0809. The van der Waals surface area contributed by atoms with E-state index in [0.29, 0.717) is 12.6 Å². The lowest BCUT2D eigenvalue weighted by Gasteiger charge is -2.33. The predicted molar refractivity (Wildman–Crippen MR) is 70.5 cm³/mol. The molecule has 2 rings (SSSR count). The van der Waals surface area contributed by atoms with Gasteiger partial charge in [-0.2, -0.15) is 0 Å². The van der Waals surface area contributed by atoms with Gasteiger partial charge in [-0.15, -0.1) is 0 Å². The summed E-state index contributed by atoms with van der Waals surface area (Å²) in [4.78, 5) is 16.5. The first kappa shape index (κ1) is 13.8. The number of morpholine rings is 1. The van der Waals surface area contributed by atoms with E-state index < -0.39 is 0 Å². The SMILES string of the molecule is CCC1CN(CC(=O)N2CCCNCC2)CCO1. The van der Waals surface area contributed by atoms with Crippen molar-refractivity contribution < 1.29 is 9.53 Å². The molecule has 2 heterocycles. The highest BCUT2D eigenvalue weighted by Gasteiger charge is 2.23. The lowest BCUT2D eigenvalue weighted by atomic mass is 10.2. The number of hydrogen-bond acceptors (Lipinski definition) is 4. The van der Waals surface area contributed by atoms with Crippen LogP contribution in [0.15, 0.2) is 0 Å². The quantitative estimate of drug-likeness (QED) is 0.766. The van der Waals surface area contributed by atoms with Gasteiger partial charge in [0.1, 0.15) is 0 Å². The molecule has 18 heavy (non-hydrogen) atoms. The van der Waals surface area contributed by atoms with Crippen molar-refractivity contribution in [3.8, 4) is 0 Å². The zero-order valence-electron chi connectivity index (χ0n) is 11.4. The third kappa shape index (κ3) is 3.93. The first-order valence-electron chi connectivity index (χ1n) is 7.12. The summed E-state index contributed by atoms with van der Waals surface area (Å²) in [5, 5.41) is 3.32. The molecule has 1 atom stereocenters. The first-order chi connectivity index (χ1) is 8.79. The molecule has 5 heteroatoms. The summed E-state index contributed by atoms with van der Waals surface area (Å²) in [7, 11) is 0. The Balaban J connectivity index is 1.78. The number of carbonyl (C=O) groups excluding carboxylic acids is 1. The van der Waals surface area contributed by atoms with Crippen LogP contribution in [-0.4, -0.2) is 74.2 Å². The van der Waals surface area contributed by atoms with E-state index in [-0.39, 0.29) is 5.91 Å². The minimum atomic E-state index is 0.274. The Hall–Kier alpha value is -0.650. The van der Waals surface area contributed by atoms with Crippen molar-refractivity contribution in [3.05, 3.63) is 0 Å². The van der Waals surface area contributed by atoms with Crippen molar-refractivity contribution in [2.45, 2.75) is 25.9 Å². The normalized spacial score (nSPS) is 26.9. The van der Waals surface area contributed by atoms with E-state index in [1.165, 1.54) is 0 Å². The molecule has 2 aliphatic heterocycles. The molecule has 1 amide bonds. The van der Waals surface area contributed by atoms with Crippen molar-refractivity contribution in [1.29, 1.82) is 0 Å². The molecule has 2 fully saturated rings. The summed E-state index contributed by atoms with van der Waals surface area (Å²) in [5.41, 5.74) is 0. The van der Waals surface area contributed by atoms with Crippen LogP contribution in [0, 0.1) is 0 Å². The van der Waals surface area contributed by atoms with Gasteiger partial charge in [0.2, 0.25) is 5.91 Å². The second-order valence-electron chi connectivity index (χ2n) is 5.12. The van der Waals surface area contributed by atoms with Gasteiger partial charge < -0.3 is 15.0 Å². The molecule has 2 saturated heterocycles. The summed E-state index contributed by atoms with van der Waals surface area (Å²) in [6.45, 7) is 8.92. The second kappa shape index (κ2) is 7.07. The number of nitrogens with zero attached hydrogens (tertiary/aromatic N) is 2. The fourth-order valence-corrected chi connectivity index (χ4v) is 2.56. The maximum absolute atomic E-state index is 12.2. The Morgan fingerprint density at radius 1 is 1.33 bits per heavy atom. The van der Waals surface area contributed by atoms with Crippen LogP contribution in [0.2, 0.25) is 0 Å². The van der Waals surface area contributed by atoms with E-state index in [0.717, 1.165) is 58.7 Å². The molecular formula is C13H25N3O2. The zero-order chi connectivity index (χ0) is 12.8. The highest BCUT2D eigenvalue weighted by atomic mass is 16.5. The van der Waals surface area contributed by atoms with Crippen LogP contribution in [0.3, 0.4) is 0 Å². The maximum Gasteiger partial charge on any atom is 0.236 e. The second-order valence-corrected chi connectivity index (χ2v) is 5.12. The minimum absolute atomic E-state index is 0.274. The topological polar surface area (TPSA) is 44.8 Å². The van der Waals surface area contributed by atoms with E-state index in [1.54, 1.807) is 0 Å². The Morgan fingerprint density at radius 2 is 2.22 bits per heavy atom. The molecule has 2 aliphatic rings. The Bertz CT molecular complexity index is 265. The van der Waals surface area contributed by atoms with Gasteiger partial charge in [-0.25, -0.2) is 0 Å². The van der Waals surface area contributed by atoms with Crippen LogP contribution in [0.4, 0.5) is 0 Å². The van der Waals surface area contributed by atoms with E-state index >= 15 is 0 Å². The fourth-order valence-electron chi connectivity index (χ4n) is 2.56. The van der Waals surface area contributed by atoms with Gasteiger partial charge in [0.05, 0.1) is 19.3 Å². The van der Waals surface area contributed by atoms with Gasteiger partial charge in [0.25, 0.3) is 0 Å². The molecule has 0 radical (unpaired) electrons. The molecule has 1 unspecified atom stereocenters. The van der Waals surface area contributed by atoms with E-state index in [4.69, 9.17) is 4.74 Å². The lowest BCUT2D eigenvalue weighted by Crippen LogP contribution is -2.48. The highest BCUT2D eigenvalue weighted by Crippen LogP contribution is 2.08. The van der Waals surface area contributed by atoms with Crippen molar-refractivity contribution in [1.82, 2.24) is 15.1 Å². The van der Waals surface area contributed by atoms with Crippen LogP contribution in [0.1, 0.15) is 19.8 Å². The number of hydrogen-bond donors (Lipinski definition) is 1. The van der Waals surface area contributed by atoms with Gasteiger partial charge in [0, 0.05) is 32.7 Å². The van der Waals surface area contributed by atoms with Gasteiger partial charge in [-0.3, -0.25) is 9.69 Å². The maximum atomic E-state index is 12.2. The number of nitrogens with one attached hydrogen (secondary N) is 1. The Morgan fingerprint density at radius 3 is 3.06 bits per heavy atom. The molecular weight excluding hydrogens is 230 g/mol. The number of rotatable bonds is 3. The Kier molecular flexibility index (Phi) is 5.41. The number of carbonyl (C=O) groups is 1. The molecule has 0 spiro atoms. The standard InChI is InChI=1S/C13H25N3O2/c1-2-12-10-15(8-9-18-12)11-13(17)16-6-3-4-14-5-7-16/h12,14H,2-11H2,1H3. The van der Waals surface area contributed by atoms with Crippen LogP contribution in [-0.2, 0) is 9.53 Å². The van der Waals surface area contributed by atoms with Crippen LogP contribution >= 0.6 is 0 Å². The van der Waals surface area contributed by atoms with Crippen molar-refractivity contribution >= 4 is 5.91 Å². The van der Waals surface area contributed by atoms with Crippen molar-refractivity contribution in [3.63, 3.8) is 0 Å². The molecule has 0 aromatic rings. The average Bonchev–Trinajstić information content (AvgIpc) is 2.68. The van der Waals surface area contributed by atoms with Crippen molar-refractivity contribution in [2.75, 3.05) is 52.4 Å². The molecule has 1 N–H and O–H groups in total. The van der Waals surface area contributed by atoms with E-state index in [1.807, 2.05) is 4.90 Å². The third-order valence-corrected chi connectivity index (χ3v) is 3.73. The lowest BCUT2D eigenvalue weighted by molar-refractivity contribution is -0.134. The monoisotopic (exact) mass is 255 g/mol. The molecule has 5 nitrogen and oxygen atoms in total.